The summed E-state index contributed by atoms with van der Waals surface area (Å²) in [7, 11) is 0. The van der Waals surface area contributed by atoms with Crippen LogP contribution in [0.4, 0.5) is 10.1 Å². The molecule has 26 heavy (non-hydrogen) atoms. The van der Waals surface area contributed by atoms with Gasteiger partial charge in [-0.15, -0.1) is 0 Å². The summed E-state index contributed by atoms with van der Waals surface area (Å²) in [6.07, 6.45) is 2.12. The van der Waals surface area contributed by atoms with Crippen molar-refractivity contribution >= 4 is 22.5 Å². The van der Waals surface area contributed by atoms with Crippen LogP contribution >= 0.6 is 0 Å². The Morgan fingerprint density at radius 2 is 2.08 bits per heavy atom. The molecule has 0 aliphatic carbocycles. The lowest BCUT2D eigenvalue weighted by molar-refractivity contribution is -0.116. The molecule has 7 heteroatoms. The number of anilines is 1. The van der Waals surface area contributed by atoms with Crippen molar-refractivity contribution in [2.75, 3.05) is 11.9 Å². The highest BCUT2D eigenvalue weighted by Crippen LogP contribution is 2.23. The van der Waals surface area contributed by atoms with E-state index in [1.54, 1.807) is 18.2 Å². The van der Waals surface area contributed by atoms with Gasteiger partial charge in [0.25, 0.3) is 5.56 Å². The van der Waals surface area contributed by atoms with Gasteiger partial charge in [0.05, 0.1) is 29.5 Å². The lowest BCUT2D eigenvalue weighted by Crippen LogP contribution is -2.28. The minimum atomic E-state index is -0.527. The Morgan fingerprint density at radius 1 is 1.27 bits per heavy atom. The lowest BCUT2D eigenvalue weighted by atomic mass is 10.2. The van der Waals surface area contributed by atoms with E-state index in [-0.39, 0.29) is 11.9 Å². The number of nitrogens with zero attached hydrogens (tertiary/aromatic N) is 2. The molecule has 1 aromatic heterocycles. The summed E-state index contributed by atoms with van der Waals surface area (Å²) in [5.74, 6) is -0.369. The van der Waals surface area contributed by atoms with Gasteiger partial charge in [-0.2, -0.15) is 0 Å². The van der Waals surface area contributed by atoms with E-state index < -0.39 is 17.3 Å². The summed E-state index contributed by atoms with van der Waals surface area (Å²) in [6, 6.07) is 10.9. The van der Waals surface area contributed by atoms with Crippen LogP contribution in [0.5, 0.6) is 5.75 Å². The van der Waals surface area contributed by atoms with Crippen molar-refractivity contribution < 1.29 is 13.9 Å². The zero-order valence-corrected chi connectivity index (χ0v) is 14.2. The van der Waals surface area contributed by atoms with Crippen LogP contribution in [-0.4, -0.2) is 22.1 Å². The van der Waals surface area contributed by atoms with Gasteiger partial charge in [0, 0.05) is 0 Å². The van der Waals surface area contributed by atoms with Crippen molar-refractivity contribution in [2.45, 2.75) is 19.9 Å². The molecule has 0 radical (unpaired) electrons. The van der Waals surface area contributed by atoms with E-state index in [4.69, 9.17) is 4.74 Å². The fraction of sp³-hybridized carbons (Fsp3) is 0.211. The monoisotopic (exact) mass is 355 g/mol. The van der Waals surface area contributed by atoms with Crippen molar-refractivity contribution in [3.8, 4) is 5.75 Å². The molecule has 0 bridgehead atoms. The number of carbonyl (C=O) groups excluding carboxylic acids is 1. The van der Waals surface area contributed by atoms with E-state index in [1.165, 1.54) is 18.5 Å². The first-order valence-electron chi connectivity index (χ1n) is 8.25. The maximum absolute atomic E-state index is 13.4. The van der Waals surface area contributed by atoms with E-state index in [0.29, 0.717) is 23.6 Å². The van der Waals surface area contributed by atoms with Crippen LogP contribution in [0.25, 0.3) is 10.9 Å². The zero-order valence-electron chi connectivity index (χ0n) is 14.2. The summed E-state index contributed by atoms with van der Waals surface area (Å²) < 4.78 is 20.1. The number of hydrogen-bond acceptors (Lipinski definition) is 4. The SMILES string of the molecule is CCCOc1ccccc1NC(=O)Cn1cnc2ccc(F)cc2c1=O. The predicted molar refractivity (Wildman–Crippen MR) is 96.8 cm³/mol. The topological polar surface area (TPSA) is 73.2 Å². The Bertz CT molecular complexity index is 1000. The highest BCUT2D eigenvalue weighted by molar-refractivity contribution is 5.92. The first-order valence-corrected chi connectivity index (χ1v) is 8.25. The maximum atomic E-state index is 13.4. The van der Waals surface area contributed by atoms with Gasteiger partial charge in [-0.25, -0.2) is 9.37 Å². The molecular formula is C19H18FN3O3. The number of para-hydroxylation sites is 2. The quantitative estimate of drug-likeness (QED) is 0.738. The van der Waals surface area contributed by atoms with Crippen LogP contribution in [0.3, 0.4) is 0 Å². The lowest BCUT2D eigenvalue weighted by Gasteiger charge is -2.12. The number of ether oxygens (including phenoxy) is 1. The minimum absolute atomic E-state index is 0.131. The van der Waals surface area contributed by atoms with E-state index in [0.717, 1.165) is 17.1 Å². The molecule has 0 saturated heterocycles. The Hall–Kier alpha value is -3.22. The number of hydrogen-bond donors (Lipinski definition) is 1. The van der Waals surface area contributed by atoms with Gasteiger partial charge in [0.15, 0.2) is 0 Å². The summed E-state index contributed by atoms with van der Waals surface area (Å²) in [6.45, 7) is 2.29. The molecule has 0 unspecified atom stereocenters. The molecule has 0 atom stereocenters. The normalized spacial score (nSPS) is 10.7. The van der Waals surface area contributed by atoms with Crippen molar-refractivity contribution in [1.29, 1.82) is 0 Å². The highest BCUT2D eigenvalue weighted by Gasteiger charge is 2.11. The third-order valence-corrected chi connectivity index (χ3v) is 3.72. The Morgan fingerprint density at radius 3 is 2.88 bits per heavy atom. The summed E-state index contributed by atoms with van der Waals surface area (Å²) >= 11 is 0. The van der Waals surface area contributed by atoms with Gasteiger partial charge in [-0.1, -0.05) is 19.1 Å². The second kappa shape index (κ2) is 7.77. The fourth-order valence-electron chi connectivity index (χ4n) is 2.50. The van der Waals surface area contributed by atoms with Crippen LogP contribution < -0.4 is 15.6 Å². The number of benzene rings is 2. The van der Waals surface area contributed by atoms with Gasteiger partial charge >= 0.3 is 0 Å². The third-order valence-electron chi connectivity index (χ3n) is 3.72. The second-order valence-corrected chi connectivity index (χ2v) is 5.73. The minimum Gasteiger partial charge on any atom is -0.491 e. The number of rotatable bonds is 6. The van der Waals surface area contributed by atoms with Crippen molar-refractivity contribution in [3.63, 3.8) is 0 Å². The summed E-state index contributed by atoms with van der Waals surface area (Å²) in [5, 5.41) is 2.86. The van der Waals surface area contributed by atoms with Crippen molar-refractivity contribution in [1.82, 2.24) is 9.55 Å². The van der Waals surface area contributed by atoms with Gasteiger partial charge in [0.1, 0.15) is 18.1 Å². The number of nitrogens with one attached hydrogen (secondary N) is 1. The molecule has 1 heterocycles. The number of halogens is 1. The van der Waals surface area contributed by atoms with Gasteiger partial charge in [-0.3, -0.25) is 14.2 Å². The summed E-state index contributed by atoms with van der Waals surface area (Å²) in [4.78, 5) is 28.9. The average molecular weight is 355 g/mol. The third kappa shape index (κ3) is 3.88. The first-order chi connectivity index (χ1) is 12.6. The largest absolute Gasteiger partial charge is 0.491 e. The van der Waals surface area contributed by atoms with Crippen LogP contribution in [-0.2, 0) is 11.3 Å². The maximum Gasteiger partial charge on any atom is 0.261 e. The summed E-state index contributed by atoms with van der Waals surface area (Å²) in [5.41, 5.74) is 0.435. The molecule has 6 nitrogen and oxygen atoms in total. The van der Waals surface area contributed by atoms with E-state index in [1.807, 2.05) is 13.0 Å². The fourth-order valence-corrected chi connectivity index (χ4v) is 2.50. The van der Waals surface area contributed by atoms with Gasteiger partial charge < -0.3 is 10.1 Å². The van der Waals surface area contributed by atoms with Crippen molar-refractivity contribution in [3.05, 3.63) is 65.0 Å². The van der Waals surface area contributed by atoms with Gasteiger partial charge in [0.2, 0.25) is 5.91 Å². The molecule has 3 rings (SSSR count). The predicted octanol–water partition coefficient (Wildman–Crippen LogP) is 2.96. The van der Waals surface area contributed by atoms with Crippen LogP contribution in [0.15, 0.2) is 53.6 Å². The molecule has 1 N–H and O–H groups in total. The molecule has 3 aromatic rings. The molecule has 0 saturated carbocycles. The molecule has 0 spiro atoms. The highest BCUT2D eigenvalue weighted by atomic mass is 19.1. The van der Waals surface area contributed by atoms with E-state index >= 15 is 0 Å². The van der Waals surface area contributed by atoms with E-state index in [2.05, 4.69) is 10.3 Å². The number of carbonyl (C=O) groups is 1. The zero-order chi connectivity index (χ0) is 18.5. The number of aromatic nitrogens is 2. The van der Waals surface area contributed by atoms with Crippen molar-refractivity contribution in [2.24, 2.45) is 0 Å². The molecule has 134 valence electrons. The molecule has 1 amide bonds. The van der Waals surface area contributed by atoms with Crippen LogP contribution in [0.2, 0.25) is 0 Å². The molecular weight excluding hydrogens is 337 g/mol. The van der Waals surface area contributed by atoms with Crippen LogP contribution in [0.1, 0.15) is 13.3 Å². The standard InChI is InChI=1S/C19H18FN3O3/c1-2-9-26-17-6-4-3-5-16(17)22-18(24)11-23-12-21-15-8-7-13(20)10-14(15)19(23)25/h3-8,10,12H,2,9,11H2,1H3,(H,22,24). The Balaban J connectivity index is 1.80. The first kappa shape index (κ1) is 17.6. The second-order valence-electron chi connectivity index (χ2n) is 5.73. The average Bonchev–Trinajstić information content (AvgIpc) is 2.64. The Kier molecular flexibility index (Phi) is 5.26. The molecule has 0 aliphatic heterocycles. The molecule has 0 fully saturated rings. The van der Waals surface area contributed by atoms with E-state index in [9.17, 15) is 14.0 Å². The Labute approximate surface area is 149 Å². The smallest absolute Gasteiger partial charge is 0.261 e. The molecule has 0 aliphatic rings. The molecule has 2 aromatic carbocycles. The van der Waals surface area contributed by atoms with Gasteiger partial charge in [-0.05, 0) is 36.8 Å². The van der Waals surface area contributed by atoms with Crippen LogP contribution in [0, 0.1) is 5.82 Å². The number of amides is 1. The number of fused-ring (bicyclic) bond motifs is 1.